The van der Waals surface area contributed by atoms with Crippen molar-refractivity contribution < 1.29 is 9.59 Å². The van der Waals surface area contributed by atoms with Crippen molar-refractivity contribution in [3.63, 3.8) is 0 Å². The molecule has 1 rings (SSSR count). The minimum atomic E-state index is -0.178. The van der Waals surface area contributed by atoms with Crippen LogP contribution in [0.2, 0.25) is 0 Å². The molecule has 0 heterocycles. The van der Waals surface area contributed by atoms with E-state index >= 15 is 0 Å². The topological polar surface area (TPSA) is 58.2 Å². The average Bonchev–Trinajstić information content (AvgIpc) is 2.25. The molecule has 16 heavy (non-hydrogen) atoms. The van der Waals surface area contributed by atoms with Gasteiger partial charge in [0.05, 0.1) is 6.04 Å². The zero-order chi connectivity index (χ0) is 12.0. The van der Waals surface area contributed by atoms with Crippen LogP contribution in [-0.4, -0.2) is 18.4 Å². The Kier molecular flexibility index (Phi) is 4.51. The maximum absolute atomic E-state index is 11.0. The van der Waals surface area contributed by atoms with Gasteiger partial charge >= 0.3 is 0 Å². The van der Waals surface area contributed by atoms with E-state index in [1.807, 2.05) is 30.3 Å². The summed E-state index contributed by atoms with van der Waals surface area (Å²) in [6, 6.07) is 9.37. The third-order valence-corrected chi connectivity index (χ3v) is 2.13. The van der Waals surface area contributed by atoms with Crippen molar-refractivity contribution in [3.05, 3.63) is 35.9 Å². The van der Waals surface area contributed by atoms with E-state index in [4.69, 9.17) is 0 Å². The van der Waals surface area contributed by atoms with Crippen LogP contribution in [0.3, 0.4) is 0 Å². The van der Waals surface area contributed by atoms with Crippen LogP contribution in [0.4, 0.5) is 0 Å². The number of hydrogen-bond acceptors (Lipinski definition) is 2. The van der Waals surface area contributed by atoms with E-state index in [0.29, 0.717) is 6.54 Å². The monoisotopic (exact) mass is 220 g/mol. The number of carbonyl (C=O) groups excluding carboxylic acids is 2. The van der Waals surface area contributed by atoms with E-state index < -0.39 is 0 Å². The molecular formula is C12H16N2O2. The summed E-state index contributed by atoms with van der Waals surface area (Å²) in [4.78, 5) is 21.9. The van der Waals surface area contributed by atoms with Crippen LogP contribution in [0, 0.1) is 0 Å². The second-order valence-electron chi connectivity index (χ2n) is 3.60. The van der Waals surface area contributed by atoms with Gasteiger partial charge in [0, 0.05) is 20.4 Å². The van der Waals surface area contributed by atoms with Crippen LogP contribution in [0.1, 0.15) is 25.5 Å². The maximum atomic E-state index is 11.0. The standard InChI is InChI=1S/C12H16N2O2/c1-9(15)13-8-12(14-10(2)16)11-6-4-3-5-7-11/h3-7,12H,8H2,1-2H3,(H,13,15)(H,14,16)/t12-/m0/s1. The summed E-state index contributed by atoms with van der Waals surface area (Å²) in [6.07, 6.45) is 0. The molecule has 2 N–H and O–H groups in total. The smallest absolute Gasteiger partial charge is 0.217 e. The van der Waals surface area contributed by atoms with E-state index in [9.17, 15) is 9.59 Å². The van der Waals surface area contributed by atoms with Crippen molar-refractivity contribution in [1.82, 2.24) is 10.6 Å². The van der Waals surface area contributed by atoms with Gasteiger partial charge in [0.2, 0.25) is 11.8 Å². The Morgan fingerprint density at radius 1 is 1.12 bits per heavy atom. The molecule has 4 nitrogen and oxygen atoms in total. The maximum Gasteiger partial charge on any atom is 0.217 e. The second kappa shape index (κ2) is 5.90. The van der Waals surface area contributed by atoms with Gasteiger partial charge < -0.3 is 10.6 Å². The van der Waals surface area contributed by atoms with Crippen LogP contribution in [0.15, 0.2) is 30.3 Å². The highest BCUT2D eigenvalue weighted by Gasteiger charge is 2.12. The Labute approximate surface area is 95.0 Å². The van der Waals surface area contributed by atoms with Gasteiger partial charge in [-0.15, -0.1) is 0 Å². The Morgan fingerprint density at radius 3 is 2.25 bits per heavy atom. The van der Waals surface area contributed by atoms with Crippen molar-refractivity contribution in [3.8, 4) is 0 Å². The quantitative estimate of drug-likeness (QED) is 0.795. The molecule has 0 aromatic heterocycles. The van der Waals surface area contributed by atoms with E-state index in [2.05, 4.69) is 10.6 Å². The summed E-state index contributed by atoms with van der Waals surface area (Å²) in [7, 11) is 0. The molecule has 0 bridgehead atoms. The summed E-state index contributed by atoms with van der Waals surface area (Å²) in [5, 5.41) is 5.49. The molecule has 0 fully saturated rings. The molecule has 1 atom stereocenters. The van der Waals surface area contributed by atoms with Crippen molar-refractivity contribution >= 4 is 11.8 Å². The van der Waals surface area contributed by atoms with Gasteiger partial charge in [-0.05, 0) is 5.56 Å². The lowest BCUT2D eigenvalue weighted by Gasteiger charge is -2.18. The van der Waals surface area contributed by atoms with E-state index in [0.717, 1.165) is 5.56 Å². The Morgan fingerprint density at radius 2 is 1.75 bits per heavy atom. The number of hydrogen-bond donors (Lipinski definition) is 2. The fraction of sp³-hybridized carbons (Fsp3) is 0.333. The zero-order valence-electron chi connectivity index (χ0n) is 9.49. The molecule has 0 aliphatic heterocycles. The molecular weight excluding hydrogens is 204 g/mol. The number of benzene rings is 1. The number of nitrogens with one attached hydrogen (secondary N) is 2. The largest absolute Gasteiger partial charge is 0.354 e. The fourth-order valence-electron chi connectivity index (χ4n) is 1.43. The summed E-state index contributed by atoms with van der Waals surface area (Å²) < 4.78 is 0. The summed E-state index contributed by atoms with van der Waals surface area (Å²) in [5.41, 5.74) is 0.978. The van der Waals surface area contributed by atoms with Gasteiger partial charge in [0.1, 0.15) is 0 Å². The first-order valence-corrected chi connectivity index (χ1v) is 5.16. The SMILES string of the molecule is CC(=O)NC[C@H](NC(C)=O)c1ccccc1. The first kappa shape index (κ1) is 12.2. The summed E-state index contributed by atoms with van der Waals surface area (Å²) >= 11 is 0. The first-order chi connectivity index (χ1) is 7.59. The second-order valence-corrected chi connectivity index (χ2v) is 3.60. The van der Waals surface area contributed by atoms with Gasteiger partial charge in [0.15, 0.2) is 0 Å². The third-order valence-electron chi connectivity index (χ3n) is 2.13. The van der Waals surface area contributed by atoms with Crippen LogP contribution < -0.4 is 10.6 Å². The first-order valence-electron chi connectivity index (χ1n) is 5.16. The van der Waals surface area contributed by atoms with Gasteiger partial charge in [-0.3, -0.25) is 9.59 Å². The molecule has 0 unspecified atom stereocenters. The molecule has 0 aliphatic rings. The van der Waals surface area contributed by atoms with Crippen molar-refractivity contribution in [2.45, 2.75) is 19.9 Å². The molecule has 0 aliphatic carbocycles. The Hall–Kier alpha value is -1.84. The Bertz CT molecular complexity index is 363. The van der Waals surface area contributed by atoms with E-state index in [-0.39, 0.29) is 17.9 Å². The number of amides is 2. The number of carbonyl (C=O) groups is 2. The van der Waals surface area contributed by atoms with Crippen molar-refractivity contribution in [2.24, 2.45) is 0 Å². The van der Waals surface area contributed by atoms with Gasteiger partial charge in [-0.2, -0.15) is 0 Å². The van der Waals surface area contributed by atoms with Crippen molar-refractivity contribution in [2.75, 3.05) is 6.54 Å². The minimum absolute atomic E-state index is 0.105. The molecule has 4 heteroatoms. The minimum Gasteiger partial charge on any atom is -0.354 e. The molecule has 0 radical (unpaired) electrons. The van der Waals surface area contributed by atoms with Crippen LogP contribution >= 0.6 is 0 Å². The van der Waals surface area contributed by atoms with Crippen LogP contribution in [0.25, 0.3) is 0 Å². The Balaban J connectivity index is 2.71. The highest BCUT2D eigenvalue weighted by molar-refractivity contribution is 5.74. The zero-order valence-corrected chi connectivity index (χ0v) is 9.49. The number of rotatable bonds is 4. The highest BCUT2D eigenvalue weighted by Crippen LogP contribution is 2.11. The third kappa shape index (κ3) is 4.13. The van der Waals surface area contributed by atoms with E-state index in [1.54, 1.807) is 0 Å². The lowest BCUT2D eigenvalue weighted by molar-refractivity contribution is -0.121. The lowest BCUT2D eigenvalue weighted by atomic mass is 10.1. The van der Waals surface area contributed by atoms with Gasteiger partial charge in [0.25, 0.3) is 0 Å². The molecule has 1 aromatic rings. The van der Waals surface area contributed by atoms with E-state index in [1.165, 1.54) is 13.8 Å². The average molecular weight is 220 g/mol. The molecule has 0 saturated heterocycles. The lowest BCUT2D eigenvalue weighted by Crippen LogP contribution is -2.36. The fourth-order valence-corrected chi connectivity index (χ4v) is 1.43. The summed E-state index contributed by atoms with van der Waals surface area (Å²) in [6.45, 7) is 3.32. The molecule has 2 amide bonds. The highest BCUT2D eigenvalue weighted by atomic mass is 16.2. The van der Waals surface area contributed by atoms with Crippen molar-refractivity contribution in [1.29, 1.82) is 0 Å². The van der Waals surface area contributed by atoms with Gasteiger partial charge in [-0.1, -0.05) is 30.3 Å². The molecule has 86 valence electrons. The molecule has 0 saturated carbocycles. The normalized spacial score (nSPS) is 11.6. The molecule has 1 aromatic carbocycles. The van der Waals surface area contributed by atoms with Crippen LogP contribution in [0.5, 0.6) is 0 Å². The predicted octanol–water partition coefficient (Wildman–Crippen LogP) is 1.000. The van der Waals surface area contributed by atoms with Crippen LogP contribution in [-0.2, 0) is 9.59 Å². The van der Waals surface area contributed by atoms with Gasteiger partial charge in [-0.25, -0.2) is 0 Å². The summed E-state index contributed by atoms with van der Waals surface area (Å²) in [5.74, 6) is -0.217. The molecule has 0 spiro atoms. The predicted molar refractivity (Wildman–Crippen MR) is 61.7 cm³/mol.